The van der Waals surface area contributed by atoms with Crippen LogP contribution in [0.3, 0.4) is 0 Å². The molecule has 0 amide bonds. The van der Waals surface area contributed by atoms with Crippen LogP contribution in [0.2, 0.25) is 0 Å². The minimum absolute atomic E-state index is 0.193. The summed E-state index contributed by atoms with van der Waals surface area (Å²) in [5.41, 5.74) is 0.752. The van der Waals surface area contributed by atoms with Crippen LogP contribution in [0.5, 0.6) is 5.75 Å². The van der Waals surface area contributed by atoms with Gasteiger partial charge < -0.3 is 4.74 Å². The predicted octanol–water partition coefficient (Wildman–Crippen LogP) is 4.30. The Bertz CT molecular complexity index is 490. The van der Waals surface area contributed by atoms with Crippen LogP contribution in [0.1, 0.15) is 49.4 Å². The molecule has 0 bridgehead atoms. The first-order valence-corrected chi connectivity index (χ1v) is 8.55. The number of halogens is 1. The third kappa shape index (κ3) is 4.30. The number of ether oxygens (including phenoxy) is 1. The normalized spacial score (nSPS) is 20.0. The van der Waals surface area contributed by atoms with Gasteiger partial charge in [0.2, 0.25) is 0 Å². The molecule has 0 aliphatic carbocycles. The molecule has 1 aromatic rings. The molecule has 116 valence electrons. The zero-order chi connectivity index (χ0) is 15.2. The highest BCUT2D eigenvalue weighted by Crippen LogP contribution is 2.26. The van der Waals surface area contributed by atoms with Crippen molar-refractivity contribution in [3.05, 3.63) is 28.2 Å². The third-order valence-corrected chi connectivity index (χ3v) is 4.91. The minimum atomic E-state index is 0.193. The SMILES string of the molecule is CCC1CCCCCN1CC(=O)c1ccc(OC)c(Br)c1. The van der Waals surface area contributed by atoms with Crippen LogP contribution in [0, 0.1) is 0 Å². The van der Waals surface area contributed by atoms with Gasteiger partial charge in [-0.2, -0.15) is 0 Å². The summed E-state index contributed by atoms with van der Waals surface area (Å²) in [6.45, 7) is 3.79. The molecule has 0 aromatic heterocycles. The van der Waals surface area contributed by atoms with Gasteiger partial charge in [-0.1, -0.05) is 19.8 Å². The summed E-state index contributed by atoms with van der Waals surface area (Å²) >= 11 is 3.45. The first-order valence-electron chi connectivity index (χ1n) is 7.76. The molecule has 2 rings (SSSR count). The summed E-state index contributed by atoms with van der Waals surface area (Å²) in [4.78, 5) is 14.9. The van der Waals surface area contributed by atoms with E-state index in [9.17, 15) is 4.79 Å². The number of likely N-dealkylation sites (tertiary alicyclic amines) is 1. The van der Waals surface area contributed by atoms with Crippen molar-refractivity contribution in [3.63, 3.8) is 0 Å². The van der Waals surface area contributed by atoms with E-state index in [0.717, 1.165) is 28.8 Å². The summed E-state index contributed by atoms with van der Waals surface area (Å²) < 4.78 is 6.04. The molecule has 0 radical (unpaired) electrons. The maximum absolute atomic E-state index is 12.5. The van der Waals surface area contributed by atoms with Gasteiger partial charge in [-0.3, -0.25) is 9.69 Å². The summed E-state index contributed by atoms with van der Waals surface area (Å²) in [6, 6.07) is 6.11. The van der Waals surface area contributed by atoms with E-state index in [1.807, 2.05) is 18.2 Å². The Labute approximate surface area is 135 Å². The fourth-order valence-corrected chi connectivity index (χ4v) is 3.56. The average Bonchev–Trinajstić information content (AvgIpc) is 2.72. The second-order valence-electron chi connectivity index (χ2n) is 5.65. The Morgan fingerprint density at radius 3 is 2.86 bits per heavy atom. The summed E-state index contributed by atoms with van der Waals surface area (Å²) in [5, 5.41) is 0. The molecule has 0 saturated carbocycles. The lowest BCUT2D eigenvalue weighted by Crippen LogP contribution is -2.38. The molecule has 0 spiro atoms. The molecule has 1 fully saturated rings. The smallest absolute Gasteiger partial charge is 0.176 e. The number of methoxy groups -OCH3 is 1. The number of hydrogen-bond donors (Lipinski definition) is 0. The number of ketones is 1. The molecule has 1 heterocycles. The highest BCUT2D eigenvalue weighted by Gasteiger charge is 2.22. The van der Waals surface area contributed by atoms with Crippen LogP contribution in [-0.2, 0) is 0 Å². The van der Waals surface area contributed by atoms with E-state index in [-0.39, 0.29) is 5.78 Å². The molecule has 1 saturated heterocycles. The van der Waals surface area contributed by atoms with Gasteiger partial charge in [0.15, 0.2) is 5.78 Å². The first-order chi connectivity index (χ1) is 10.2. The van der Waals surface area contributed by atoms with Crippen molar-refractivity contribution in [2.24, 2.45) is 0 Å². The summed E-state index contributed by atoms with van der Waals surface area (Å²) in [7, 11) is 1.63. The Morgan fingerprint density at radius 2 is 2.19 bits per heavy atom. The number of nitrogens with zero attached hydrogens (tertiary/aromatic N) is 1. The molecule has 1 unspecified atom stereocenters. The largest absolute Gasteiger partial charge is 0.496 e. The van der Waals surface area contributed by atoms with Crippen LogP contribution < -0.4 is 4.74 Å². The average molecular weight is 354 g/mol. The molecular formula is C17H24BrNO2. The lowest BCUT2D eigenvalue weighted by atomic mass is 10.1. The molecule has 4 heteroatoms. The van der Waals surface area contributed by atoms with Crippen molar-refractivity contribution in [2.75, 3.05) is 20.2 Å². The predicted molar refractivity (Wildman–Crippen MR) is 89.1 cm³/mol. The molecule has 1 aliphatic rings. The van der Waals surface area contributed by atoms with Crippen molar-refractivity contribution in [2.45, 2.75) is 45.1 Å². The zero-order valence-corrected chi connectivity index (χ0v) is 14.5. The number of carbonyl (C=O) groups excluding carboxylic acids is 1. The van der Waals surface area contributed by atoms with Crippen molar-refractivity contribution < 1.29 is 9.53 Å². The Kier molecular flexibility index (Phi) is 6.24. The Morgan fingerprint density at radius 1 is 1.38 bits per heavy atom. The van der Waals surface area contributed by atoms with Gasteiger partial charge >= 0.3 is 0 Å². The monoisotopic (exact) mass is 353 g/mol. The van der Waals surface area contributed by atoms with Crippen LogP contribution in [0.15, 0.2) is 22.7 Å². The maximum atomic E-state index is 12.5. The van der Waals surface area contributed by atoms with Crippen LogP contribution in [-0.4, -0.2) is 36.9 Å². The van der Waals surface area contributed by atoms with E-state index < -0.39 is 0 Å². The van der Waals surface area contributed by atoms with Crippen molar-refractivity contribution >= 4 is 21.7 Å². The standard InChI is InChI=1S/C17H24BrNO2/c1-3-14-7-5-4-6-10-19(14)12-16(20)13-8-9-17(21-2)15(18)11-13/h8-9,11,14H,3-7,10,12H2,1-2H3. The van der Waals surface area contributed by atoms with Gasteiger partial charge in [0.1, 0.15) is 5.75 Å². The molecule has 0 N–H and O–H groups in total. The van der Waals surface area contributed by atoms with Gasteiger partial charge in [-0.05, 0) is 59.9 Å². The van der Waals surface area contributed by atoms with Gasteiger partial charge in [0.05, 0.1) is 18.1 Å². The lowest BCUT2D eigenvalue weighted by Gasteiger charge is -2.28. The van der Waals surface area contributed by atoms with Gasteiger partial charge in [0, 0.05) is 11.6 Å². The number of hydrogen-bond acceptors (Lipinski definition) is 3. The molecule has 21 heavy (non-hydrogen) atoms. The van der Waals surface area contributed by atoms with Gasteiger partial charge in [0.25, 0.3) is 0 Å². The molecule has 1 aliphatic heterocycles. The second kappa shape index (κ2) is 7.95. The Balaban J connectivity index is 2.07. The van der Waals surface area contributed by atoms with E-state index in [1.165, 1.54) is 25.7 Å². The van der Waals surface area contributed by atoms with Gasteiger partial charge in [-0.15, -0.1) is 0 Å². The lowest BCUT2D eigenvalue weighted by molar-refractivity contribution is 0.0890. The Hall–Kier alpha value is -0.870. The number of benzene rings is 1. The van der Waals surface area contributed by atoms with E-state index >= 15 is 0 Å². The van der Waals surface area contributed by atoms with E-state index in [1.54, 1.807) is 7.11 Å². The zero-order valence-electron chi connectivity index (χ0n) is 12.9. The maximum Gasteiger partial charge on any atom is 0.176 e. The molecule has 1 atom stereocenters. The number of Topliss-reactive ketones (excluding diaryl/α,β-unsaturated/α-hetero) is 1. The molecular weight excluding hydrogens is 330 g/mol. The number of rotatable bonds is 5. The van der Waals surface area contributed by atoms with Gasteiger partial charge in [-0.25, -0.2) is 0 Å². The topological polar surface area (TPSA) is 29.5 Å². The molecule has 1 aromatic carbocycles. The minimum Gasteiger partial charge on any atom is -0.496 e. The summed E-state index contributed by atoms with van der Waals surface area (Å²) in [5.74, 6) is 0.950. The third-order valence-electron chi connectivity index (χ3n) is 4.29. The van der Waals surface area contributed by atoms with E-state index in [4.69, 9.17) is 4.74 Å². The fraction of sp³-hybridized carbons (Fsp3) is 0.588. The number of carbonyl (C=O) groups is 1. The van der Waals surface area contributed by atoms with Crippen molar-refractivity contribution in [3.8, 4) is 5.75 Å². The van der Waals surface area contributed by atoms with Crippen LogP contribution in [0.25, 0.3) is 0 Å². The highest BCUT2D eigenvalue weighted by molar-refractivity contribution is 9.10. The second-order valence-corrected chi connectivity index (χ2v) is 6.51. The fourth-order valence-electron chi connectivity index (χ4n) is 3.02. The summed E-state index contributed by atoms with van der Waals surface area (Å²) in [6.07, 6.45) is 6.12. The first kappa shape index (κ1) is 16.5. The van der Waals surface area contributed by atoms with Crippen molar-refractivity contribution in [1.82, 2.24) is 4.90 Å². The quantitative estimate of drug-likeness (QED) is 0.739. The van der Waals surface area contributed by atoms with Crippen molar-refractivity contribution in [1.29, 1.82) is 0 Å². The molecule has 3 nitrogen and oxygen atoms in total. The highest BCUT2D eigenvalue weighted by atomic mass is 79.9. The van der Waals surface area contributed by atoms with Crippen LogP contribution in [0.4, 0.5) is 0 Å². The van der Waals surface area contributed by atoms with Crippen LogP contribution >= 0.6 is 15.9 Å². The van der Waals surface area contributed by atoms with E-state index in [0.29, 0.717) is 12.6 Å². The van der Waals surface area contributed by atoms with E-state index in [2.05, 4.69) is 27.8 Å².